The van der Waals surface area contributed by atoms with Crippen LogP contribution in [0.15, 0.2) is 23.8 Å². The molecule has 0 unspecified atom stereocenters. The average molecular weight is 388 g/mol. The van der Waals surface area contributed by atoms with Crippen molar-refractivity contribution in [1.29, 1.82) is 0 Å². The van der Waals surface area contributed by atoms with E-state index in [1.54, 1.807) is 5.57 Å². The van der Waals surface area contributed by atoms with Crippen LogP contribution < -0.4 is 0 Å². The van der Waals surface area contributed by atoms with Crippen LogP contribution in [0.5, 0.6) is 0 Å². The Hall–Kier alpha value is -0.640. The quantitative estimate of drug-likeness (QED) is 0.469. The molecular formula is C25H41NO2. The van der Waals surface area contributed by atoms with E-state index in [2.05, 4.69) is 17.1 Å². The maximum atomic E-state index is 10.6. The van der Waals surface area contributed by atoms with Crippen molar-refractivity contribution in [2.24, 2.45) is 23.7 Å². The first kappa shape index (κ1) is 20.6. The molecule has 3 saturated carbocycles. The van der Waals surface area contributed by atoms with Crippen LogP contribution in [-0.2, 0) is 0 Å². The first-order valence-electron chi connectivity index (χ1n) is 12.2. The number of aliphatic hydroxyl groups excluding tert-OH is 2. The van der Waals surface area contributed by atoms with Crippen molar-refractivity contribution in [3.8, 4) is 0 Å². The van der Waals surface area contributed by atoms with Crippen LogP contribution in [0.25, 0.3) is 0 Å². The van der Waals surface area contributed by atoms with E-state index in [0.717, 1.165) is 19.3 Å². The molecule has 4 rings (SSSR count). The first-order chi connectivity index (χ1) is 13.7. The summed E-state index contributed by atoms with van der Waals surface area (Å²) in [5, 5.41) is 21.0. The summed E-state index contributed by atoms with van der Waals surface area (Å²) in [6.45, 7) is 3.92. The van der Waals surface area contributed by atoms with Gasteiger partial charge in [-0.1, -0.05) is 36.6 Å². The number of unbranched alkanes of at least 4 members (excludes halogenated alkanes) is 2. The molecule has 3 aliphatic carbocycles. The van der Waals surface area contributed by atoms with Crippen LogP contribution in [-0.4, -0.2) is 47.0 Å². The third-order valence-corrected chi connectivity index (χ3v) is 8.08. The van der Waals surface area contributed by atoms with E-state index >= 15 is 0 Å². The van der Waals surface area contributed by atoms with Gasteiger partial charge in [0.1, 0.15) is 0 Å². The van der Waals surface area contributed by atoms with E-state index in [0.29, 0.717) is 17.8 Å². The molecule has 0 amide bonds. The Bertz CT molecular complexity index is 545. The first-order valence-corrected chi connectivity index (χ1v) is 12.2. The summed E-state index contributed by atoms with van der Waals surface area (Å²) in [7, 11) is 0. The Balaban J connectivity index is 1.22. The Morgan fingerprint density at radius 3 is 2.61 bits per heavy atom. The molecule has 1 heterocycles. The molecule has 158 valence electrons. The highest BCUT2D eigenvalue weighted by Crippen LogP contribution is 2.50. The van der Waals surface area contributed by atoms with Crippen LogP contribution in [0.3, 0.4) is 0 Å². The highest BCUT2D eigenvalue weighted by Gasteiger charge is 2.45. The predicted octanol–water partition coefficient (Wildman–Crippen LogP) is 4.69. The van der Waals surface area contributed by atoms with Crippen LogP contribution in [0.4, 0.5) is 0 Å². The molecule has 0 aromatic rings. The largest absolute Gasteiger partial charge is 0.392 e. The summed E-state index contributed by atoms with van der Waals surface area (Å²) >= 11 is 0. The number of hydrogen-bond donors (Lipinski definition) is 2. The normalized spacial score (nSPS) is 36.9. The smallest absolute Gasteiger partial charge is 0.0749 e. The third kappa shape index (κ3) is 5.09. The number of hydrogen-bond acceptors (Lipinski definition) is 3. The van der Waals surface area contributed by atoms with Gasteiger partial charge in [0.15, 0.2) is 0 Å². The van der Waals surface area contributed by atoms with Crippen molar-refractivity contribution in [3.05, 3.63) is 23.8 Å². The molecule has 0 aromatic heterocycles. The van der Waals surface area contributed by atoms with E-state index in [1.165, 1.54) is 77.4 Å². The van der Waals surface area contributed by atoms with Crippen molar-refractivity contribution < 1.29 is 10.2 Å². The van der Waals surface area contributed by atoms with Gasteiger partial charge in [-0.25, -0.2) is 0 Å². The lowest BCUT2D eigenvalue weighted by molar-refractivity contribution is 0.135. The van der Waals surface area contributed by atoms with Crippen molar-refractivity contribution in [2.75, 3.05) is 19.6 Å². The van der Waals surface area contributed by atoms with Gasteiger partial charge >= 0.3 is 0 Å². The van der Waals surface area contributed by atoms with Crippen LogP contribution in [0, 0.1) is 23.7 Å². The summed E-state index contributed by atoms with van der Waals surface area (Å²) in [6.07, 6.45) is 21.0. The topological polar surface area (TPSA) is 43.7 Å². The van der Waals surface area contributed by atoms with Crippen molar-refractivity contribution in [1.82, 2.24) is 4.90 Å². The van der Waals surface area contributed by atoms with Crippen molar-refractivity contribution in [2.45, 2.75) is 89.3 Å². The molecule has 28 heavy (non-hydrogen) atoms. The summed E-state index contributed by atoms with van der Waals surface area (Å²) < 4.78 is 0. The van der Waals surface area contributed by atoms with Gasteiger partial charge in [0, 0.05) is 5.92 Å². The Labute approximate surface area is 171 Å². The fraction of sp³-hybridized carbons (Fsp3) is 0.840. The predicted molar refractivity (Wildman–Crippen MR) is 115 cm³/mol. The van der Waals surface area contributed by atoms with Gasteiger partial charge in [0.2, 0.25) is 0 Å². The van der Waals surface area contributed by atoms with E-state index in [9.17, 15) is 10.2 Å². The van der Waals surface area contributed by atoms with E-state index in [1.807, 2.05) is 6.08 Å². The lowest BCUT2D eigenvalue weighted by Crippen LogP contribution is -2.20. The van der Waals surface area contributed by atoms with Gasteiger partial charge in [-0.05, 0) is 102 Å². The zero-order valence-corrected chi connectivity index (χ0v) is 17.6. The summed E-state index contributed by atoms with van der Waals surface area (Å²) in [5.41, 5.74) is 1.64. The molecule has 3 heteroatoms. The average Bonchev–Trinajstić information content (AvgIpc) is 3.46. The number of likely N-dealkylation sites (tertiary alicyclic amines) is 1. The van der Waals surface area contributed by atoms with E-state index < -0.39 is 0 Å². The molecule has 0 radical (unpaired) electrons. The van der Waals surface area contributed by atoms with Gasteiger partial charge in [-0.3, -0.25) is 0 Å². The number of allylic oxidation sites excluding steroid dienone is 2. The molecule has 4 aliphatic rings. The highest BCUT2D eigenvalue weighted by atomic mass is 16.3. The van der Waals surface area contributed by atoms with Gasteiger partial charge in [-0.2, -0.15) is 0 Å². The lowest BCUT2D eigenvalue weighted by atomic mass is 9.89. The van der Waals surface area contributed by atoms with Gasteiger partial charge in [0.25, 0.3) is 0 Å². The third-order valence-electron chi connectivity index (χ3n) is 8.08. The standard InChI is InChI=1S/C25H41NO2/c27-24(20-9-3-4-10-20)12-11-22-23-17-19(16-21(23)18-25(22)28)8-2-1-5-13-26-14-6-7-15-26/h8,11-12,20-25,27-28H,1-7,9-10,13-18H2/b12-11+,19-8+/t21-,22+,23-,24+,25+/m0/s1. The highest BCUT2D eigenvalue weighted by molar-refractivity contribution is 5.18. The maximum Gasteiger partial charge on any atom is 0.0749 e. The second kappa shape index (κ2) is 9.91. The number of rotatable bonds is 8. The second-order valence-electron chi connectivity index (χ2n) is 10.0. The monoisotopic (exact) mass is 387 g/mol. The summed E-state index contributed by atoms with van der Waals surface area (Å²) in [5.74, 6) is 1.95. The zero-order valence-electron chi connectivity index (χ0n) is 17.6. The fourth-order valence-corrected chi connectivity index (χ4v) is 6.43. The Morgan fingerprint density at radius 2 is 1.82 bits per heavy atom. The van der Waals surface area contributed by atoms with Crippen LogP contribution in [0.2, 0.25) is 0 Å². The van der Waals surface area contributed by atoms with Gasteiger partial charge in [-0.15, -0.1) is 0 Å². The van der Waals surface area contributed by atoms with Crippen molar-refractivity contribution in [3.63, 3.8) is 0 Å². The molecule has 4 fully saturated rings. The van der Waals surface area contributed by atoms with Gasteiger partial charge < -0.3 is 15.1 Å². The molecule has 0 aromatic carbocycles. The Morgan fingerprint density at radius 1 is 1.04 bits per heavy atom. The fourth-order valence-electron chi connectivity index (χ4n) is 6.43. The molecule has 3 nitrogen and oxygen atoms in total. The summed E-state index contributed by atoms with van der Waals surface area (Å²) in [4.78, 5) is 2.62. The second-order valence-corrected chi connectivity index (χ2v) is 10.0. The van der Waals surface area contributed by atoms with Crippen LogP contribution in [0.1, 0.15) is 77.0 Å². The van der Waals surface area contributed by atoms with Gasteiger partial charge in [0.05, 0.1) is 12.2 Å². The molecular weight excluding hydrogens is 346 g/mol. The SMILES string of the molecule is O[C@H](/C=C/[C@@H]1[C@H]2C/C(=C/CCCCN3CCCC3)C[C@H]2C[C@H]1O)C1CCCC1. The minimum Gasteiger partial charge on any atom is -0.392 e. The van der Waals surface area contributed by atoms with E-state index in [4.69, 9.17) is 0 Å². The minimum absolute atomic E-state index is 0.205. The zero-order chi connectivity index (χ0) is 19.3. The number of nitrogens with zero attached hydrogens (tertiary/aromatic N) is 1. The molecule has 0 bridgehead atoms. The Kier molecular flexibility index (Phi) is 7.30. The van der Waals surface area contributed by atoms with E-state index in [-0.39, 0.29) is 18.1 Å². The molecule has 1 aliphatic heterocycles. The molecule has 1 saturated heterocycles. The molecule has 0 spiro atoms. The van der Waals surface area contributed by atoms with Crippen molar-refractivity contribution >= 4 is 0 Å². The minimum atomic E-state index is -0.305. The lowest BCUT2D eigenvalue weighted by Gasteiger charge is -2.19. The molecule has 5 atom stereocenters. The number of fused-ring (bicyclic) bond motifs is 1. The molecule has 2 N–H and O–H groups in total. The number of aliphatic hydroxyl groups is 2. The van der Waals surface area contributed by atoms with Crippen LogP contribution >= 0.6 is 0 Å². The summed E-state index contributed by atoms with van der Waals surface area (Å²) in [6, 6.07) is 0. The maximum absolute atomic E-state index is 10.6.